The number of anilines is 3. The van der Waals surface area contributed by atoms with Gasteiger partial charge in [0.05, 0.1) is 7.11 Å². The Morgan fingerprint density at radius 2 is 1.79 bits per heavy atom. The topological polar surface area (TPSA) is 101 Å². The van der Waals surface area contributed by atoms with Gasteiger partial charge in [0.15, 0.2) is 5.65 Å². The van der Waals surface area contributed by atoms with Gasteiger partial charge in [-0.25, -0.2) is 4.98 Å². The van der Waals surface area contributed by atoms with Crippen LogP contribution in [0.1, 0.15) is 16.1 Å². The largest absolute Gasteiger partial charge is 0.497 e. The summed E-state index contributed by atoms with van der Waals surface area (Å²) in [6.45, 7) is 1.71. The second-order valence-corrected chi connectivity index (χ2v) is 6.43. The number of benzene rings is 2. The fourth-order valence-electron chi connectivity index (χ4n) is 2.99. The fraction of sp³-hybridized carbons (Fsp3) is 0.0952. The molecule has 0 saturated heterocycles. The molecule has 8 heteroatoms. The van der Waals surface area contributed by atoms with Gasteiger partial charge >= 0.3 is 0 Å². The van der Waals surface area contributed by atoms with E-state index in [2.05, 4.69) is 20.7 Å². The number of nitrogens with zero attached hydrogens (tertiary/aromatic N) is 2. The summed E-state index contributed by atoms with van der Waals surface area (Å²) in [4.78, 5) is 29.9. The van der Waals surface area contributed by atoms with Crippen molar-refractivity contribution in [3.05, 3.63) is 82.3 Å². The third-order valence-electron chi connectivity index (χ3n) is 4.36. The van der Waals surface area contributed by atoms with Crippen LogP contribution >= 0.6 is 0 Å². The highest BCUT2D eigenvalue weighted by atomic mass is 16.5. The molecule has 0 radical (unpaired) electrons. The van der Waals surface area contributed by atoms with Gasteiger partial charge in [-0.2, -0.15) is 4.52 Å². The van der Waals surface area contributed by atoms with Crippen molar-refractivity contribution in [2.24, 2.45) is 0 Å². The lowest BCUT2D eigenvalue weighted by atomic mass is 10.2. The Hall–Kier alpha value is -4.07. The van der Waals surface area contributed by atoms with Crippen molar-refractivity contribution in [1.82, 2.24) is 14.6 Å². The molecule has 0 unspecified atom stereocenters. The van der Waals surface area contributed by atoms with Crippen LogP contribution in [0.5, 0.6) is 5.75 Å². The number of methoxy groups -OCH3 is 1. The molecule has 8 nitrogen and oxygen atoms in total. The quantitative estimate of drug-likeness (QED) is 0.486. The van der Waals surface area contributed by atoms with E-state index in [0.29, 0.717) is 22.9 Å². The summed E-state index contributed by atoms with van der Waals surface area (Å²) < 4.78 is 6.42. The number of aromatic nitrogens is 3. The zero-order chi connectivity index (χ0) is 20.4. The Morgan fingerprint density at radius 3 is 2.48 bits per heavy atom. The second-order valence-electron chi connectivity index (χ2n) is 6.43. The van der Waals surface area contributed by atoms with Crippen LogP contribution in [0.2, 0.25) is 0 Å². The minimum Gasteiger partial charge on any atom is -0.497 e. The number of hydrogen-bond donors (Lipinski definition) is 3. The predicted octanol–water partition coefficient (Wildman–Crippen LogP) is 3.34. The first kappa shape index (κ1) is 18.3. The molecule has 0 saturated carbocycles. The number of aromatic amines is 1. The van der Waals surface area contributed by atoms with Crippen LogP contribution in [0.3, 0.4) is 0 Å². The van der Waals surface area contributed by atoms with Crippen molar-refractivity contribution in [3.8, 4) is 5.75 Å². The van der Waals surface area contributed by atoms with Crippen molar-refractivity contribution in [2.45, 2.75) is 6.92 Å². The smallest absolute Gasteiger partial charge is 0.272 e. The lowest BCUT2D eigenvalue weighted by Gasteiger charge is -2.09. The normalized spacial score (nSPS) is 10.7. The number of aryl methyl sites for hydroxylation is 1. The Bertz CT molecular complexity index is 1230. The van der Waals surface area contributed by atoms with E-state index in [4.69, 9.17) is 4.74 Å². The highest BCUT2D eigenvalue weighted by Gasteiger charge is 2.22. The Balaban J connectivity index is 1.79. The molecule has 0 aliphatic carbocycles. The van der Waals surface area contributed by atoms with Crippen LogP contribution in [0.4, 0.5) is 17.2 Å². The molecule has 0 bridgehead atoms. The maximum absolute atomic E-state index is 13.1. The summed E-state index contributed by atoms with van der Waals surface area (Å²) in [5, 5.41) is 8.94. The highest BCUT2D eigenvalue weighted by molar-refractivity contribution is 6.12. The summed E-state index contributed by atoms with van der Waals surface area (Å²) in [5.41, 5.74) is 2.07. The molecule has 2 aromatic carbocycles. The van der Waals surface area contributed by atoms with E-state index in [9.17, 15) is 9.59 Å². The van der Waals surface area contributed by atoms with Crippen molar-refractivity contribution in [3.63, 3.8) is 0 Å². The number of nitrogens with one attached hydrogen (secondary N) is 3. The molecule has 146 valence electrons. The van der Waals surface area contributed by atoms with Crippen LogP contribution in [-0.4, -0.2) is 27.6 Å². The first-order valence-electron chi connectivity index (χ1n) is 8.95. The van der Waals surface area contributed by atoms with Crippen LogP contribution in [-0.2, 0) is 0 Å². The van der Waals surface area contributed by atoms with Crippen LogP contribution in [0, 0.1) is 6.92 Å². The maximum atomic E-state index is 13.1. The first-order chi connectivity index (χ1) is 14.0. The molecule has 0 spiro atoms. The van der Waals surface area contributed by atoms with Gasteiger partial charge in [-0.3, -0.25) is 14.7 Å². The number of carbonyl (C=O) groups excluding carboxylic acids is 1. The lowest BCUT2D eigenvalue weighted by molar-refractivity contribution is 0.102. The van der Waals surface area contributed by atoms with Crippen molar-refractivity contribution in [1.29, 1.82) is 0 Å². The summed E-state index contributed by atoms with van der Waals surface area (Å²) in [6.07, 6.45) is 0. The highest BCUT2D eigenvalue weighted by Crippen LogP contribution is 2.25. The predicted molar refractivity (Wildman–Crippen MR) is 111 cm³/mol. The monoisotopic (exact) mass is 389 g/mol. The van der Waals surface area contributed by atoms with Gasteiger partial charge in [-0.1, -0.05) is 18.2 Å². The van der Waals surface area contributed by atoms with E-state index in [0.717, 1.165) is 5.69 Å². The van der Waals surface area contributed by atoms with Gasteiger partial charge in [0.1, 0.15) is 17.1 Å². The summed E-state index contributed by atoms with van der Waals surface area (Å²) in [7, 11) is 1.59. The molecule has 2 heterocycles. The van der Waals surface area contributed by atoms with E-state index < -0.39 is 0 Å². The van der Waals surface area contributed by atoms with E-state index in [1.165, 1.54) is 10.6 Å². The summed E-state index contributed by atoms with van der Waals surface area (Å²) in [5.74, 6) is 0.685. The molecule has 0 aliphatic heterocycles. The number of fused-ring (bicyclic) bond motifs is 1. The number of hydrogen-bond acceptors (Lipinski definition) is 5. The molecule has 29 heavy (non-hydrogen) atoms. The number of amides is 1. The lowest BCUT2D eigenvalue weighted by Crippen LogP contribution is -2.17. The van der Waals surface area contributed by atoms with Gasteiger partial charge in [0, 0.05) is 23.1 Å². The average Bonchev–Trinajstić information content (AvgIpc) is 3.07. The summed E-state index contributed by atoms with van der Waals surface area (Å²) in [6, 6.07) is 17.7. The zero-order valence-electron chi connectivity index (χ0n) is 15.9. The molecule has 4 aromatic rings. The summed E-state index contributed by atoms with van der Waals surface area (Å²) >= 11 is 0. The van der Waals surface area contributed by atoms with Crippen molar-refractivity contribution >= 4 is 28.7 Å². The first-order valence-corrected chi connectivity index (χ1v) is 8.95. The second kappa shape index (κ2) is 7.51. The molecule has 0 aliphatic rings. The number of para-hydroxylation sites is 1. The Kier molecular flexibility index (Phi) is 4.74. The van der Waals surface area contributed by atoms with Crippen molar-refractivity contribution < 1.29 is 9.53 Å². The molecule has 2 aromatic heterocycles. The third kappa shape index (κ3) is 3.68. The third-order valence-corrected chi connectivity index (χ3v) is 4.36. The van der Waals surface area contributed by atoms with E-state index in [1.807, 2.05) is 30.3 Å². The molecule has 3 N–H and O–H groups in total. The molecule has 1 amide bonds. The SMILES string of the molecule is COc1ccc(Nc2[nH]n3c(=O)cc(C)nc3c2C(=O)Nc2ccccc2)cc1. The molecule has 4 rings (SSSR count). The Morgan fingerprint density at radius 1 is 1.07 bits per heavy atom. The van der Waals surface area contributed by atoms with Gasteiger partial charge in [0.25, 0.3) is 11.5 Å². The maximum Gasteiger partial charge on any atom is 0.272 e. The van der Waals surface area contributed by atoms with Gasteiger partial charge in [0.2, 0.25) is 0 Å². The van der Waals surface area contributed by atoms with E-state index >= 15 is 0 Å². The fourth-order valence-corrected chi connectivity index (χ4v) is 2.99. The van der Waals surface area contributed by atoms with Gasteiger partial charge in [-0.15, -0.1) is 0 Å². The Labute approximate surface area is 166 Å². The average molecular weight is 389 g/mol. The van der Waals surface area contributed by atoms with Crippen LogP contribution in [0.25, 0.3) is 5.65 Å². The zero-order valence-corrected chi connectivity index (χ0v) is 15.9. The minimum atomic E-state index is -0.386. The van der Waals surface area contributed by atoms with Crippen LogP contribution in [0.15, 0.2) is 65.5 Å². The van der Waals surface area contributed by atoms with E-state index in [-0.39, 0.29) is 22.7 Å². The molecular formula is C21H19N5O3. The number of rotatable bonds is 5. The van der Waals surface area contributed by atoms with Crippen molar-refractivity contribution in [2.75, 3.05) is 17.7 Å². The minimum absolute atomic E-state index is 0.241. The number of H-pyrrole nitrogens is 1. The van der Waals surface area contributed by atoms with Gasteiger partial charge < -0.3 is 15.4 Å². The standard InChI is InChI=1S/C21H19N5O3/c1-13-12-17(27)26-20(22-13)18(21(28)24-14-6-4-3-5-7-14)19(25-26)23-15-8-10-16(29-2)11-9-15/h3-12,23,25H,1-2H3,(H,24,28). The van der Waals surface area contributed by atoms with Gasteiger partial charge in [-0.05, 0) is 43.3 Å². The number of ether oxygens (including phenoxy) is 1. The molecule has 0 atom stereocenters. The number of carbonyl (C=O) groups is 1. The van der Waals surface area contributed by atoms with Crippen LogP contribution < -0.4 is 20.9 Å². The molecule has 0 fully saturated rings. The molecular weight excluding hydrogens is 370 g/mol. The van der Waals surface area contributed by atoms with E-state index in [1.54, 1.807) is 38.3 Å².